The molecular weight excluding hydrogens is 348 g/mol. The van der Waals surface area contributed by atoms with Crippen molar-refractivity contribution in [3.8, 4) is 28.8 Å². The van der Waals surface area contributed by atoms with Gasteiger partial charge in [-0.3, -0.25) is 0 Å². The minimum atomic E-state index is 0.140. The number of fused-ring (bicyclic) bond motifs is 1. The van der Waals surface area contributed by atoms with Crippen LogP contribution in [0.15, 0.2) is 72.8 Å². The predicted octanol–water partition coefficient (Wildman–Crippen LogP) is 6.31. The topological polar surface area (TPSA) is 55.2 Å². The van der Waals surface area contributed by atoms with E-state index < -0.39 is 0 Å². The third kappa shape index (κ3) is 3.54. The van der Waals surface area contributed by atoms with E-state index in [1.54, 1.807) is 18.2 Å². The summed E-state index contributed by atoms with van der Waals surface area (Å²) in [6.07, 6.45) is 1.10. The second-order valence-electron chi connectivity index (χ2n) is 6.87. The van der Waals surface area contributed by atoms with Gasteiger partial charge in [0.05, 0.1) is 16.5 Å². The van der Waals surface area contributed by atoms with Crippen molar-refractivity contribution in [3.05, 3.63) is 78.4 Å². The fraction of sp³-hybridized carbons (Fsp3) is 0.167. The van der Waals surface area contributed by atoms with Gasteiger partial charge in [-0.1, -0.05) is 50.2 Å². The van der Waals surface area contributed by atoms with Gasteiger partial charge in [0.1, 0.15) is 11.5 Å². The first-order valence-corrected chi connectivity index (χ1v) is 9.48. The Morgan fingerprint density at radius 3 is 2.36 bits per heavy atom. The zero-order valence-corrected chi connectivity index (χ0v) is 16.0. The lowest BCUT2D eigenvalue weighted by molar-refractivity contribution is 0.467. The van der Waals surface area contributed by atoms with Gasteiger partial charge in [-0.05, 0) is 54.3 Å². The minimum absolute atomic E-state index is 0.140. The molecule has 1 atom stereocenters. The highest BCUT2D eigenvalue weighted by molar-refractivity contribution is 5.85. The molecule has 4 aromatic rings. The average Bonchev–Trinajstić information content (AvgIpc) is 2.74. The molecule has 140 valence electrons. The number of phenolic OH excluding ortho intramolecular Hbond substituents is 1. The van der Waals surface area contributed by atoms with Crippen LogP contribution in [0.4, 0.5) is 0 Å². The van der Waals surface area contributed by atoms with E-state index in [0.717, 1.165) is 23.1 Å². The van der Waals surface area contributed by atoms with Gasteiger partial charge in [0.2, 0.25) is 5.88 Å². The molecule has 0 spiro atoms. The van der Waals surface area contributed by atoms with E-state index in [0.29, 0.717) is 23.2 Å². The molecule has 4 rings (SSSR count). The highest BCUT2D eigenvalue weighted by Crippen LogP contribution is 2.33. The van der Waals surface area contributed by atoms with Gasteiger partial charge < -0.3 is 9.84 Å². The van der Waals surface area contributed by atoms with E-state index >= 15 is 0 Å². The first-order chi connectivity index (χ1) is 13.7. The maximum absolute atomic E-state index is 10.2. The first kappa shape index (κ1) is 18.0. The molecule has 3 aromatic carbocycles. The Morgan fingerprint density at radius 2 is 1.61 bits per heavy atom. The molecular formula is C24H22N2O2. The summed E-state index contributed by atoms with van der Waals surface area (Å²) in [5.41, 5.74) is 2.63. The average molecular weight is 370 g/mol. The summed E-state index contributed by atoms with van der Waals surface area (Å²) in [5.74, 6) is 2.28. The molecule has 28 heavy (non-hydrogen) atoms. The van der Waals surface area contributed by atoms with Crippen molar-refractivity contribution < 1.29 is 9.84 Å². The van der Waals surface area contributed by atoms with E-state index in [-0.39, 0.29) is 5.75 Å². The number of hydrogen-bond acceptors (Lipinski definition) is 4. The molecule has 0 aliphatic rings. The van der Waals surface area contributed by atoms with Crippen molar-refractivity contribution in [1.29, 1.82) is 0 Å². The molecule has 0 radical (unpaired) electrons. The molecule has 0 bridgehead atoms. The lowest BCUT2D eigenvalue weighted by atomic mass is 9.99. The van der Waals surface area contributed by atoms with Gasteiger partial charge in [-0.2, -0.15) is 4.98 Å². The van der Waals surface area contributed by atoms with Crippen LogP contribution in [-0.4, -0.2) is 15.1 Å². The SMILES string of the molecule is CC[C@@H](C)c1ccc(Oc2nc(-c3ccccc3O)nc3ccccc23)cc1. The summed E-state index contributed by atoms with van der Waals surface area (Å²) >= 11 is 0. The third-order valence-corrected chi connectivity index (χ3v) is 4.99. The van der Waals surface area contributed by atoms with Crippen molar-refractivity contribution >= 4 is 10.9 Å². The van der Waals surface area contributed by atoms with E-state index in [2.05, 4.69) is 35.9 Å². The molecule has 0 amide bonds. The highest BCUT2D eigenvalue weighted by atomic mass is 16.5. The summed E-state index contributed by atoms with van der Waals surface area (Å²) in [6.45, 7) is 4.40. The van der Waals surface area contributed by atoms with Gasteiger partial charge in [0.15, 0.2) is 5.82 Å². The Morgan fingerprint density at radius 1 is 0.893 bits per heavy atom. The van der Waals surface area contributed by atoms with Crippen LogP contribution in [0.2, 0.25) is 0 Å². The lowest BCUT2D eigenvalue weighted by Gasteiger charge is -2.12. The summed E-state index contributed by atoms with van der Waals surface area (Å²) in [5, 5.41) is 11.0. The van der Waals surface area contributed by atoms with E-state index in [9.17, 15) is 5.11 Å². The molecule has 1 heterocycles. The number of nitrogens with zero attached hydrogens (tertiary/aromatic N) is 2. The second kappa shape index (κ2) is 7.69. The number of rotatable bonds is 5. The van der Waals surface area contributed by atoms with Crippen LogP contribution >= 0.6 is 0 Å². The van der Waals surface area contributed by atoms with Crippen LogP contribution in [0.25, 0.3) is 22.3 Å². The van der Waals surface area contributed by atoms with Gasteiger partial charge in [-0.15, -0.1) is 0 Å². The third-order valence-electron chi connectivity index (χ3n) is 4.99. The fourth-order valence-electron chi connectivity index (χ4n) is 3.12. The molecule has 4 heteroatoms. The van der Waals surface area contributed by atoms with Crippen molar-refractivity contribution in [2.45, 2.75) is 26.2 Å². The maximum Gasteiger partial charge on any atom is 0.230 e. The zero-order chi connectivity index (χ0) is 19.5. The Labute approximate surface area is 164 Å². The van der Waals surface area contributed by atoms with Crippen LogP contribution in [0.3, 0.4) is 0 Å². The van der Waals surface area contributed by atoms with Crippen molar-refractivity contribution in [1.82, 2.24) is 9.97 Å². The van der Waals surface area contributed by atoms with Gasteiger partial charge in [0, 0.05) is 0 Å². The number of aromatic hydroxyl groups is 1. The van der Waals surface area contributed by atoms with Gasteiger partial charge in [-0.25, -0.2) is 4.98 Å². The van der Waals surface area contributed by atoms with Crippen molar-refractivity contribution in [2.75, 3.05) is 0 Å². The monoisotopic (exact) mass is 370 g/mol. The number of phenols is 1. The van der Waals surface area contributed by atoms with Crippen molar-refractivity contribution in [2.24, 2.45) is 0 Å². The number of para-hydroxylation sites is 2. The van der Waals surface area contributed by atoms with Crippen LogP contribution < -0.4 is 4.74 Å². The fourth-order valence-corrected chi connectivity index (χ4v) is 3.12. The number of ether oxygens (including phenoxy) is 1. The van der Waals surface area contributed by atoms with Crippen LogP contribution in [0, 0.1) is 0 Å². The summed E-state index contributed by atoms with van der Waals surface area (Å²) in [4.78, 5) is 9.21. The Kier molecular flexibility index (Phi) is 4.94. The van der Waals surface area contributed by atoms with E-state index in [1.165, 1.54) is 5.56 Å². The quantitative estimate of drug-likeness (QED) is 0.447. The predicted molar refractivity (Wildman–Crippen MR) is 112 cm³/mol. The molecule has 0 fully saturated rings. The molecule has 1 aromatic heterocycles. The number of aromatic nitrogens is 2. The molecule has 0 saturated heterocycles. The largest absolute Gasteiger partial charge is 0.507 e. The Hall–Kier alpha value is -3.40. The normalized spacial score (nSPS) is 12.1. The molecule has 0 saturated carbocycles. The summed E-state index contributed by atoms with van der Waals surface area (Å²) in [6, 6.07) is 22.9. The maximum atomic E-state index is 10.2. The molecule has 1 N–H and O–H groups in total. The highest BCUT2D eigenvalue weighted by Gasteiger charge is 2.14. The van der Waals surface area contributed by atoms with Crippen molar-refractivity contribution in [3.63, 3.8) is 0 Å². The molecule has 4 nitrogen and oxygen atoms in total. The standard InChI is InChI=1S/C24H22N2O2/c1-3-16(2)17-12-14-18(15-13-17)28-24-19-8-4-6-10-21(19)25-23(26-24)20-9-5-7-11-22(20)27/h4-16,27H,3H2,1-2H3/t16-/m1/s1. The first-order valence-electron chi connectivity index (χ1n) is 9.48. The second-order valence-corrected chi connectivity index (χ2v) is 6.87. The van der Waals surface area contributed by atoms with E-state index in [4.69, 9.17) is 4.74 Å². The van der Waals surface area contributed by atoms with Crippen LogP contribution in [-0.2, 0) is 0 Å². The molecule has 0 unspecified atom stereocenters. The molecule has 0 aliphatic carbocycles. The Bertz CT molecular complexity index is 1110. The smallest absolute Gasteiger partial charge is 0.230 e. The van der Waals surface area contributed by atoms with Crippen LogP contribution in [0.5, 0.6) is 17.4 Å². The number of hydrogen-bond donors (Lipinski definition) is 1. The molecule has 0 aliphatic heterocycles. The zero-order valence-electron chi connectivity index (χ0n) is 16.0. The number of benzene rings is 3. The van der Waals surface area contributed by atoms with Gasteiger partial charge in [0.25, 0.3) is 0 Å². The summed E-state index contributed by atoms with van der Waals surface area (Å²) in [7, 11) is 0. The van der Waals surface area contributed by atoms with Gasteiger partial charge >= 0.3 is 0 Å². The minimum Gasteiger partial charge on any atom is -0.507 e. The Balaban J connectivity index is 1.76. The summed E-state index contributed by atoms with van der Waals surface area (Å²) < 4.78 is 6.13. The van der Waals surface area contributed by atoms with E-state index in [1.807, 2.05) is 42.5 Å². The van der Waals surface area contributed by atoms with Crippen LogP contribution in [0.1, 0.15) is 31.7 Å². The lowest BCUT2D eigenvalue weighted by Crippen LogP contribution is -1.97.